The van der Waals surface area contributed by atoms with E-state index in [9.17, 15) is 19.1 Å². The summed E-state index contributed by atoms with van der Waals surface area (Å²) in [5.41, 5.74) is 0.534. The van der Waals surface area contributed by atoms with Gasteiger partial charge in [-0.2, -0.15) is 0 Å². The van der Waals surface area contributed by atoms with Gasteiger partial charge in [-0.25, -0.2) is 9.18 Å². The maximum atomic E-state index is 13.1. The molecule has 35 heavy (non-hydrogen) atoms. The van der Waals surface area contributed by atoms with Gasteiger partial charge in [0.05, 0.1) is 12.8 Å². The Labute approximate surface area is 204 Å². The molecule has 3 aromatic carbocycles. The molecule has 0 amide bonds. The minimum Gasteiger partial charge on any atom is -0.856 e. The van der Waals surface area contributed by atoms with Crippen LogP contribution in [0.2, 0.25) is 5.02 Å². The van der Waals surface area contributed by atoms with Gasteiger partial charge in [0, 0.05) is 21.3 Å². The molecule has 0 saturated carbocycles. The van der Waals surface area contributed by atoms with E-state index in [0.29, 0.717) is 16.1 Å². The maximum Gasteiger partial charge on any atom is 0.427 e. The van der Waals surface area contributed by atoms with Gasteiger partial charge in [0.25, 0.3) is 5.69 Å². The third kappa shape index (κ3) is 5.96. The number of Topliss-reactive ketones (excluding diaryl/α,β-unsaturated/α-hetero) is 1. The number of aromatic nitrogens is 3. The molecule has 1 aromatic heterocycles. The zero-order valence-corrected chi connectivity index (χ0v) is 19.0. The summed E-state index contributed by atoms with van der Waals surface area (Å²) in [6.07, 6.45) is 1.32. The molecule has 176 valence electrons. The largest absolute Gasteiger partial charge is 0.856 e. The van der Waals surface area contributed by atoms with Crippen LogP contribution < -0.4 is 15.3 Å². The van der Waals surface area contributed by atoms with E-state index >= 15 is 0 Å². The van der Waals surface area contributed by atoms with Crippen molar-refractivity contribution in [1.29, 1.82) is 0 Å². The maximum absolute atomic E-state index is 13.1. The highest BCUT2D eigenvalue weighted by molar-refractivity contribution is 6.30. The van der Waals surface area contributed by atoms with E-state index in [4.69, 9.17) is 11.6 Å². The van der Waals surface area contributed by atoms with Crippen molar-refractivity contribution in [2.24, 2.45) is 10.1 Å². The van der Waals surface area contributed by atoms with Crippen LogP contribution in [-0.4, -0.2) is 27.9 Å². The second-order valence-electron chi connectivity index (χ2n) is 7.48. The lowest BCUT2D eigenvalue weighted by atomic mass is 10.1. The van der Waals surface area contributed by atoms with Crippen molar-refractivity contribution in [3.63, 3.8) is 0 Å². The van der Waals surface area contributed by atoms with E-state index in [-0.39, 0.29) is 24.6 Å². The summed E-state index contributed by atoms with van der Waals surface area (Å²) in [6, 6.07) is 20.8. The van der Waals surface area contributed by atoms with Crippen molar-refractivity contribution >= 4 is 29.5 Å². The van der Waals surface area contributed by atoms with Gasteiger partial charge in [-0.15, -0.1) is 4.68 Å². The zero-order chi connectivity index (χ0) is 24.8. The second-order valence-corrected chi connectivity index (χ2v) is 7.92. The van der Waals surface area contributed by atoms with Crippen LogP contribution in [0, 0.1) is 5.82 Å². The number of rotatable bonds is 8. The smallest absolute Gasteiger partial charge is 0.427 e. The molecule has 0 fully saturated rings. The van der Waals surface area contributed by atoms with Gasteiger partial charge in [-0.3, -0.25) is 9.79 Å². The number of carbonyl (C=O) groups excluding carboxylic acids is 1. The first kappa shape index (κ1) is 23.8. The molecule has 4 aromatic rings. The Morgan fingerprint density at radius 2 is 1.74 bits per heavy atom. The molecule has 8 nitrogen and oxygen atoms in total. The van der Waals surface area contributed by atoms with Crippen LogP contribution in [0.3, 0.4) is 0 Å². The molecule has 10 heteroatoms. The van der Waals surface area contributed by atoms with Crippen LogP contribution >= 0.6 is 11.6 Å². The highest BCUT2D eigenvalue weighted by Gasteiger charge is 2.24. The Balaban J connectivity index is 1.68. The fraction of sp³-hybridized carbons (Fsp3) is 0.0800. The molecule has 0 bridgehead atoms. The van der Waals surface area contributed by atoms with E-state index in [1.54, 1.807) is 36.4 Å². The Bertz CT molecular complexity index is 1440. The SMILES string of the molecule is O=C(C[n+]1[nH]n(N=Cc2ccc(F)cc2)c(=O)c1C([O-])=NCc1ccccc1)c1ccc(Cl)cc1. The van der Waals surface area contributed by atoms with Crippen LogP contribution in [0.5, 0.6) is 0 Å². The Morgan fingerprint density at radius 1 is 1.06 bits per heavy atom. The lowest BCUT2D eigenvalue weighted by molar-refractivity contribution is -0.745. The highest BCUT2D eigenvalue weighted by atomic mass is 35.5. The van der Waals surface area contributed by atoms with E-state index in [1.807, 2.05) is 18.2 Å². The third-order valence-corrected chi connectivity index (χ3v) is 5.24. The Morgan fingerprint density at radius 3 is 2.43 bits per heavy atom. The average Bonchev–Trinajstić information content (AvgIpc) is 3.17. The molecule has 1 heterocycles. The lowest BCUT2D eigenvalue weighted by Gasteiger charge is -2.07. The van der Waals surface area contributed by atoms with Crippen LogP contribution in [0.15, 0.2) is 93.8 Å². The van der Waals surface area contributed by atoms with Crippen LogP contribution in [0.1, 0.15) is 27.2 Å². The predicted octanol–water partition coefficient (Wildman–Crippen LogP) is 2.33. The predicted molar refractivity (Wildman–Crippen MR) is 127 cm³/mol. The van der Waals surface area contributed by atoms with Crippen LogP contribution in [0.4, 0.5) is 4.39 Å². The minimum absolute atomic E-state index is 0.0638. The molecule has 0 atom stereocenters. The van der Waals surface area contributed by atoms with E-state index in [2.05, 4.69) is 15.3 Å². The molecule has 0 aliphatic rings. The number of nitrogens with zero attached hydrogens (tertiary/aromatic N) is 4. The first-order chi connectivity index (χ1) is 16.9. The number of carbonyl (C=O) groups is 1. The molecule has 0 radical (unpaired) electrons. The Kier molecular flexibility index (Phi) is 7.27. The van der Waals surface area contributed by atoms with Crippen molar-refractivity contribution in [3.05, 3.63) is 122 Å². The zero-order valence-electron chi connectivity index (χ0n) is 18.3. The van der Waals surface area contributed by atoms with Crippen LogP contribution in [0.25, 0.3) is 0 Å². The van der Waals surface area contributed by atoms with E-state index < -0.39 is 17.3 Å². The summed E-state index contributed by atoms with van der Waals surface area (Å²) < 4.78 is 14.3. The van der Waals surface area contributed by atoms with Gasteiger partial charge in [0.2, 0.25) is 5.78 Å². The standard InChI is InChI=1S/C25H19ClFN5O3/c26-20-10-8-19(9-11-20)22(33)16-31-23(24(34)28-14-17-4-2-1-3-5-17)25(35)32(30-31)29-15-18-6-12-21(27)13-7-18/h1-13,15H,14,16H2,(H-,28,30,34,35). The number of benzene rings is 3. The summed E-state index contributed by atoms with van der Waals surface area (Å²) in [5.74, 6) is -1.57. The summed E-state index contributed by atoms with van der Waals surface area (Å²) in [7, 11) is 0. The second kappa shape index (κ2) is 10.7. The quantitative estimate of drug-likeness (QED) is 0.177. The van der Waals surface area contributed by atoms with Crippen molar-refractivity contribution < 1.29 is 19.0 Å². The Hall–Kier alpha value is -4.37. The number of ketones is 1. The molecule has 0 saturated heterocycles. The van der Waals surface area contributed by atoms with Gasteiger partial charge < -0.3 is 5.11 Å². The van der Waals surface area contributed by atoms with Crippen molar-refractivity contribution in [1.82, 2.24) is 10.0 Å². The first-order valence-corrected chi connectivity index (χ1v) is 10.9. The summed E-state index contributed by atoms with van der Waals surface area (Å²) in [4.78, 5) is 30.6. The molecule has 4 rings (SSSR count). The van der Waals surface area contributed by atoms with Crippen LogP contribution in [-0.2, 0) is 13.1 Å². The molecule has 0 aliphatic carbocycles. The van der Waals surface area contributed by atoms with Gasteiger partial charge in [0.15, 0.2) is 6.54 Å². The average molecular weight is 492 g/mol. The lowest BCUT2D eigenvalue weighted by Crippen LogP contribution is -2.49. The topological polar surface area (TPSA) is 107 Å². The number of nitrogens with one attached hydrogen (secondary N) is 1. The monoisotopic (exact) mass is 491 g/mol. The molecular weight excluding hydrogens is 473 g/mol. The molecule has 0 aliphatic heterocycles. The summed E-state index contributed by atoms with van der Waals surface area (Å²) in [5, 5.41) is 20.1. The summed E-state index contributed by atoms with van der Waals surface area (Å²) in [6.45, 7) is -0.272. The normalized spacial score (nSPS) is 11.8. The van der Waals surface area contributed by atoms with E-state index in [0.717, 1.165) is 15.0 Å². The number of H-pyrrole nitrogens is 1. The number of aromatic amines is 1. The molecule has 0 unspecified atom stereocenters. The minimum atomic E-state index is -0.797. The van der Waals surface area contributed by atoms with Gasteiger partial charge in [-0.05, 0) is 47.5 Å². The number of hydrogen-bond acceptors (Lipinski definition) is 5. The fourth-order valence-electron chi connectivity index (χ4n) is 3.19. The third-order valence-electron chi connectivity index (χ3n) is 4.99. The van der Waals surface area contributed by atoms with E-state index in [1.165, 1.54) is 30.5 Å². The van der Waals surface area contributed by atoms with Crippen molar-refractivity contribution in [3.8, 4) is 0 Å². The number of hydrogen-bond donors (Lipinski definition) is 1. The molecule has 1 N–H and O–H groups in total. The van der Waals surface area contributed by atoms with Crippen molar-refractivity contribution in [2.45, 2.75) is 13.1 Å². The van der Waals surface area contributed by atoms with Crippen molar-refractivity contribution in [2.75, 3.05) is 0 Å². The summed E-state index contributed by atoms with van der Waals surface area (Å²) >= 11 is 5.89. The number of aliphatic imine (C=N–C) groups is 1. The van der Waals surface area contributed by atoms with Gasteiger partial charge >= 0.3 is 5.56 Å². The molecule has 0 spiro atoms. The van der Waals surface area contributed by atoms with Gasteiger partial charge in [0.1, 0.15) is 5.82 Å². The molecular formula is C25H19ClFN5O3. The highest BCUT2D eigenvalue weighted by Crippen LogP contribution is 2.10. The van der Waals surface area contributed by atoms with Gasteiger partial charge in [-0.1, -0.05) is 64.4 Å². The fourth-order valence-corrected chi connectivity index (χ4v) is 3.32. The number of halogens is 2. The first-order valence-electron chi connectivity index (χ1n) is 10.5.